The Labute approximate surface area is 126 Å². The van der Waals surface area contributed by atoms with Gasteiger partial charge in [-0.3, -0.25) is 0 Å². The minimum atomic E-state index is -1.04. The number of benzene rings is 2. The van der Waals surface area contributed by atoms with Gasteiger partial charge in [-0.2, -0.15) is 0 Å². The van der Waals surface area contributed by atoms with Gasteiger partial charge in [-0.25, -0.2) is 0 Å². The van der Waals surface area contributed by atoms with Crippen LogP contribution in [0.2, 0.25) is 0 Å². The molecule has 0 heterocycles. The Morgan fingerprint density at radius 2 is 1.76 bits per heavy atom. The topological polar surface area (TPSA) is 55.5 Å². The van der Waals surface area contributed by atoms with E-state index in [4.69, 9.17) is 10.5 Å². The molecule has 2 aromatic rings. The molecule has 0 bridgehead atoms. The fraction of sp³-hybridized carbons (Fsp3) is 0.333. The largest absolute Gasteiger partial charge is 0.493 e. The Hall–Kier alpha value is -1.84. The van der Waals surface area contributed by atoms with E-state index in [0.717, 1.165) is 11.3 Å². The third kappa shape index (κ3) is 3.84. The summed E-state index contributed by atoms with van der Waals surface area (Å²) in [4.78, 5) is 0. The van der Waals surface area contributed by atoms with Gasteiger partial charge in [0.2, 0.25) is 0 Å². The van der Waals surface area contributed by atoms with Crippen LogP contribution in [0.4, 0.5) is 0 Å². The molecule has 3 N–H and O–H groups in total. The summed E-state index contributed by atoms with van der Waals surface area (Å²) in [6, 6.07) is 15.5. The zero-order chi connectivity index (χ0) is 15.3. The molecule has 0 saturated heterocycles. The van der Waals surface area contributed by atoms with Crippen molar-refractivity contribution in [2.24, 2.45) is 5.73 Å². The van der Waals surface area contributed by atoms with Crippen molar-refractivity contribution >= 4 is 0 Å². The number of hydrogen-bond donors (Lipinski definition) is 2. The number of aryl methyl sites for hydroxylation is 2. The van der Waals surface area contributed by atoms with Crippen molar-refractivity contribution in [1.29, 1.82) is 0 Å². The second-order valence-corrected chi connectivity index (χ2v) is 5.45. The van der Waals surface area contributed by atoms with Crippen LogP contribution in [0.1, 0.15) is 23.1 Å². The third-order valence-electron chi connectivity index (χ3n) is 3.91. The first-order valence-corrected chi connectivity index (χ1v) is 7.23. The van der Waals surface area contributed by atoms with Crippen molar-refractivity contribution < 1.29 is 9.84 Å². The Kier molecular flexibility index (Phi) is 4.99. The van der Waals surface area contributed by atoms with Gasteiger partial charge in [0.05, 0.1) is 6.61 Å². The number of rotatable bonds is 6. The minimum absolute atomic E-state index is 0.174. The normalized spacial score (nSPS) is 13.7. The lowest BCUT2D eigenvalue weighted by atomic mass is 9.91. The SMILES string of the molecule is Cc1ccc(OCCC(O)(CN)c2ccccc2)cc1C. The first-order valence-electron chi connectivity index (χ1n) is 7.23. The predicted molar refractivity (Wildman–Crippen MR) is 85.4 cm³/mol. The van der Waals surface area contributed by atoms with E-state index in [9.17, 15) is 5.11 Å². The maximum Gasteiger partial charge on any atom is 0.119 e. The molecule has 0 aliphatic carbocycles. The van der Waals surface area contributed by atoms with Crippen LogP contribution >= 0.6 is 0 Å². The first-order chi connectivity index (χ1) is 10.0. The van der Waals surface area contributed by atoms with Crippen LogP contribution in [0, 0.1) is 13.8 Å². The first kappa shape index (κ1) is 15.5. The number of aliphatic hydroxyl groups is 1. The van der Waals surface area contributed by atoms with Crippen molar-refractivity contribution in [2.75, 3.05) is 13.2 Å². The van der Waals surface area contributed by atoms with Gasteiger partial charge in [-0.15, -0.1) is 0 Å². The Morgan fingerprint density at radius 3 is 2.38 bits per heavy atom. The van der Waals surface area contributed by atoms with Crippen molar-refractivity contribution in [3.63, 3.8) is 0 Å². The lowest BCUT2D eigenvalue weighted by Gasteiger charge is -2.27. The van der Waals surface area contributed by atoms with Gasteiger partial charge in [0.1, 0.15) is 11.4 Å². The molecule has 0 saturated carbocycles. The molecule has 3 heteroatoms. The summed E-state index contributed by atoms with van der Waals surface area (Å²) in [5, 5.41) is 10.7. The van der Waals surface area contributed by atoms with E-state index in [1.807, 2.05) is 48.5 Å². The molecule has 2 aromatic carbocycles. The smallest absolute Gasteiger partial charge is 0.119 e. The monoisotopic (exact) mass is 285 g/mol. The predicted octanol–water partition coefficient (Wildman–Crippen LogP) is 2.92. The number of hydrogen-bond acceptors (Lipinski definition) is 3. The quantitative estimate of drug-likeness (QED) is 0.858. The van der Waals surface area contributed by atoms with Gasteiger partial charge in [-0.05, 0) is 42.7 Å². The summed E-state index contributed by atoms with van der Waals surface area (Å²) >= 11 is 0. The van der Waals surface area contributed by atoms with Gasteiger partial charge >= 0.3 is 0 Å². The lowest BCUT2D eigenvalue weighted by Crippen LogP contribution is -2.36. The Balaban J connectivity index is 1.99. The van der Waals surface area contributed by atoms with Crippen LogP contribution in [-0.2, 0) is 5.60 Å². The van der Waals surface area contributed by atoms with Crippen LogP contribution in [0.25, 0.3) is 0 Å². The van der Waals surface area contributed by atoms with Gasteiger partial charge in [0, 0.05) is 13.0 Å². The molecule has 0 aromatic heterocycles. The second kappa shape index (κ2) is 6.74. The molecular weight excluding hydrogens is 262 g/mol. The summed E-state index contributed by atoms with van der Waals surface area (Å²) < 4.78 is 5.75. The van der Waals surface area contributed by atoms with Gasteiger partial charge < -0.3 is 15.6 Å². The molecular formula is C18H23NO2. The standard InChI is InChI=1S/C18H23NO2/c1-14-8-9-17(12-15(14)2)21-11-10-18(20,13-19)16-6-4-3-5-7-16/h3-9,12,20H,10-11,13,19H2,1-2H3. The third-order valence-corrected chi connectivity index (χ3v) is 3.91. The minimum Gasteiger partial charge on any atom is -0.493 e. The maximum absolute atomic E-state index is 10.7. The Bertz CT molecular complexity index is 583. The average molecular weight is 285 g/mol. The van der Waals surface area contributed by atoms with E-state index >= 15 is 0 Å². The molecule has 1 atom stereocenters. The molecule has 0 aliphatic rings. The molecule has 3 nitrogen and oxygen atoms in total. The fourth-order valence-corrected chi connectivity index (χ4v) is 2.25. The molecule has 112 valence electrons. The van der Waals surface area contributed by atoms with Crippen LogP contribution in [0.3, 0.4) is 0 Å². The van der Waals surface area contributed by atoms with E-state index in [-0.39, 0.29) is 6.54 Å². The van der Waals surface area contributed by atoms with Gasteiger partial charge in [0.15, 0.2) is 0 Å². The van der Waals surface area contributed by atoms with Crippen molar-refractivity contribution in [3.05, 3.63) is 65.2 Å². The molecule has 0 radical (unpaired) electrons. The van der Waals surface area contributed by atoms with E-state index in [2.05, 4.69) is 13.8 Å². The summed E-state index contributed by atoms with van der Waals surface area (Å²) in [7, 11) is 0. The highest BCUT2D eigenvalue weighted by molar-refractivity contribution is 5.33. The van der Waals surface area contributed by atoms with Crippen LogP contribution < -0.4 is 10.5 Å². The Morgan fingerprint density at radius 1 is 1.05 bits per heavy atom. The highest BCUT2D eigenvalue weighted by Gasteiger charge is 2.27. The summed E-state index contributed by atoms with van der Waals surface area (Å²) in [5.74, 6) is 0.825. The zero-order valence-electron chi connectivity index (χ0n) is 12.7. The molecule has 0 fully saturated rings. The molecule has 0 amide bonds. The van der Waals surface area contributed by atoms with E-state index in [1.54, 1.807) is 0 Å². The average Bonchev–Trinajstić information content (AvgIpc) is 2.51. The van der Waals surface area contributed by atoms with Crippen LogP contribution in [0.5, 0.6) is 5.75 Å². The van der Waals surface area contributed by atoms with Crippen molar-refractivity contribution in [2.45, 2.75) is 25.9 Å². The molecule has 21 heavy (non-hydrogen) atoms. The fourth-order valence-electron chi connectivity index (χ4n) is 2.25. The van der Waals surface area contributed by atoms with Crippen molar-refractivity contribution in [1.82, 2.24) is 0 Å². The lowest BCUT2D eigenvalue weighted by molar-refractivity contribution is 0.0233. The molecule has 0 spiro atoms. The van der Waals surface area contributed by atoms with E-state index < -0.39 is 5.60 Å². The summed E-state index contributed by atoms with van der Waals surface area (Å²) in [5.41, 5.74) is 7.99. The van der Waals surface area contributed by atoms with Crippen LogP contribution in [0.15, 0.2) is 48.5 Å². The van der Waals surface area contributed by atoms with Crippen molar-refractivity contribution in [3.8, 4) is 5.75 Å². The number of nitrogens with two attached hydrogens (primary N) is 1. The number of ether oxygens (including phenoxy) is 1. The van der Waals surface area contributed by atoms with Crippen LogP contribution in [-0.4, -0.2) is 18.3 Å². The van der Waals surface area contributed by atoms with Gasteiger partial charge in [0.25, 0.3) is 0 Å². The highest BCUT2D eigenvalue weighted by Crippen LogP contribution is 2.24. The van der Waals surface area contributed by atoms with Gasteiger partial charge in [-0.1, -0.05) is 36.4 Å². The second-order valence-electron chi connectivity index (χ2n) is 5.45. The summed E-state index contributed by atoms with van der Waals surface area (Å²) in [6.45, 7) is 4.72. The zero-order valence-corrected chi connectivity index (χ0v) is 12.7. The molecule has 2 rings (SSSR count). The highest BCUT2D eigenvalue weighted by atomic mass is 16.5. The maximum atomic E-state index is 10.7. The van der Waals surface area contributed by atoms with E-state index in [0.29, 0.717) is 13.0 Å². The summed E-state index contributed by atoms with van der Waals surface area (Å²) in [6.07, 6.45) is 0.459. The molecule has 1 unspecified atom stereocenters. The molecule has 0 aliphatic heterocycles. The van der Waals surface area contributed by atoms with E-state index in [1.165, 1.54) is 11.1 Å².